The minimum atomic E-state index is -2.05. The Labute approximate surface area is 177 Å². The molecule has 0 spiro atoms. The van der Waals surface area contributed by atoms with Crippen molar-refractivity contribution in [1.82, 2.24) is 29.7 Å². The highest BCUT2D eigenvalue weighted by molar-refractivity contribution is 7.79. The molecule has 1 unspecified atom stereocenters. The summed E-state index contributed by atoms with van der Waals surface area (Å²) in [5.74, 6) is 1.53. The molecule has 1 aliphatic heterocycles. The number of anilines is 1. The number of H-pyrrole nitrogens is 1. The van der Waals surface area contributed by atoms with E-state index in [1.807, 2.05) is 23.2 Å². The minimum Gasteiger partial charge on any atom is -0.771 e. The van der Waals surface area contributed by atoms with Crippen molar-refractivity contribution >= 4 is 22.7 Å². The van der Waals surface area contributed by atoms with Crippen LogP contribution in [0.3, 0.4) is 0 Å². The van der Waals surface area contributed by atoms with E-state index >= 15 is 0 Å². The molecule has 0 saturated carbocycles. The maximum absolute atomic E-state index is 11.0. The van der Waals surface area contributed by atoms with Crippen LogP contribution in [0.2, 0.25) is 0 Å². The highest BCUT2D eigenvalue weighted by atomic mass is 32.2. The maximum Gasteiger partial charge on any atom is 0.243 e. The number of hydrogen-bond acceptors (Lipinski definition) is 8. The second-order valence-corrected chi connectivity index (χ2v) is 8.49. The molecule has 4 rings (SSSR count). The molecule has 10 nitrogen and oxygen atoms in total. The summed E-state index contributed by atoms with van der Waals surface area (Å²) in [5.41, 5.74) is 2.51. The Morgan fingerprint density at radius 2 is 2.30 bits per heavy atom. The Morgan fingerprint density at radius 1 is 1.43 bits per heavy atom. The van der Waals surface area contributed by atoms with Crippen molar-refractivity contribution in [2.24, 2.45) is 5.92 Å². The summed E-state index contributed by atoms with van der Waals surface area (Å²) in [6.07, 6.45) is 5.28. The van der Waals surface area contributed by atoms with E-state index in [-0.39, 0.29) is 17.8 Å². The van der Waals surface area contributed by atoms with Crippen molar-refractivity contribution in [1.29, 1.82) is 0 Å². The lowest BCUT2D eigenvalue weighted by Crippen LogP contribution is -2.46. The van der Waals surface area contributed by atoms with Gasteiger partial charge < -0.3 is 14.6 Å². The standard InChI is InChI=1S/C19H27N7O3S/c1-3-8-29-18-15(14-9-20-21-10-14)4-5-17-23-19(24-26(17)18)22-16-6-7-25(11-13(16)2)12-30(27)28/h4-5,9-10,13,16H,3,6-8,11-12H2,1-2H3,(H,20,21)(H,22,24)(H,27,28)/p-1/t13-,16+/m1/s1. The number of rotatable bonds is 8. The van der Waals surface area contributed by atoms with Crippen LogP contribution in [0, 0.1) is 5.92 Å². The average Bonchev–Trinajstić information content (AvgIpc) is 3.37. The lowest BCUT2D eigenvalue weighted by molar-refractivity contribution is 0.194. The number of hydrogen-bond donors (Lipinski definition) is 2. The molecule has 2 N–H and O–H groups in total. The maximum atomic E-state index is 11.0. The van der Waals surface area contributed by atoms with Gasteiger partial charge in [0, 0.05) is 36.5 Å². The number of likely N-dealkylation sites (tertiary alicyclic amines) is 1. The monoisotopic (exact) mass is 432 g/mol. The van der Waals surface area contributed by atoms with Crippen LogP contribution in [-0.4, -0.2) is 70.1 Å². The van der Waals surface area contributed by atoms with Gasteiger partial charge in [-0.25, -0.2) is 0 Å². The molecule has 1 fully saturated rings. The Bertz CT molecular complexity index is 1010. The van der Waals surface area contributed by atoms with Crippen LogP contribution >= 0.6 is 0 Å². The molecule has 3 aromatic rings. The topological polar surface area (TPSA) is 123 Å². The van der Waals surface area contributed by atoms with Gasteiger partial charge >= 0.3 is 0 Å². The number of fused-ring (bicyclic) bond motifs is 1. The van der Waals surface area contributed by atoms with Gasteiger partial charge in [0.2, 0.25) is 11.8 Å². The number of pyridine rings is 1. The van der Waals surface area contributed by atoms with E-state index < -0.39 is 11.1 Å². The molecule has 0 radical (unpaired) electrons. The summed E-state index contributed by atoms with van der Waals surface area (Å²) in [5, 5.41) is 15.0. The summed E-state index contributed by atoms with van der Waals surface area (Å²) in [6, 6.07) is 4.05. The van der Waals surface area contributed by atoms with E-state index in [4.69, 9.17) is 4.74 Å². The lowest BCUT2D eigenvalue weighted by Gasteiger charge is -2.37. The van der Waals surface area contributed by atoms with Crippen molar-refractivity contribution in [3.63, 3.8) is 0 Å². The van der Waals surface area contributed by atoms with Crippen LogP contribution in [0.1, 0.15) is 26.7 Å². The zero-order valence-corrected chi connectivity index (χ0v) is 17.9. The zero-order valence-electron chi connectivity index (χ0n) is 17.1. The van der Waals surface area contributed by atoms with Crippen LogP contribution in [-0.2, 0) is 11.1 Å². The highest BCUT2D eigenvalue weighted by Gasteiger charge is 2.27. The number of nitrogens with zero attached hydrogens (tertiary/aromatic N) is 5. The second kappa shape index (κ2) is 9.11. The van der Waals surface area contributed by atoms with Gasteiger partial charge in [0.15, 0.2) is 5.65 Å². The number of piperidine rings is 1. The molecule has 11 heteroatoms. The minimum absolute atomic E-state index is 0.0819. The van der Waals surface area contributed by atoms with E-state index in [9.17, 15) is 8.76 Å². The number of nitrogens with one attached hydrogen (secondary N) is 2. The molecule has 4 heterocycles. The fourth-order valence-electron chi connectivity index (χ4n) is 3.82. The van der Waals surface area contributed by atoms with Crippen LogP contribution < -0.4 is 10.1 Å². The SMILES string of the molecule is CCCOc1c(-c2cn[nH]c2)ccc2nc(N[C@H]3CCN(CS(=O)[O-])C[C@H]3C)nn12. The van der Waals surface area contributed by atoms with E-state index in [2.05, 4.69) is 39.4 Å². The largest absolute Gasteiger partial charge is 0.771 e. The van der Waals surface area contributed by atoms with Gasteiger partial charge in [-0.3, -0.25) is 14.2 Å². The van der Waals surface area contributed by atoms with Crippen LogP contribution in [0.4, 0.5) is 5.95 Å². The van der Waals surface area contributed by atoms with Gasteiger partial charge in [0.25, 0.3) is 0 Å². The predicted molar refractivity (Wildman–Crippen MR) is 113 cm³/mol. The third-order valence-corrected chi connectivity index (χ3v) is 5.87. The predicted octanol–water partition coefficient (Wildman–Crippen LogP) is 1.87. The normalized spacial score (nSPS) is 21.0. The molecule has 0 amide bonds. The van der Waals surface area contributed by atoms with Gasteiger partial charge in [-0.05, 0) is 42.0 Å². The fraction of sp³-hybridized carbons (Fsp3) is 0.526. The van der Waals surface area contributed by atoms with Crippen molar-refractivity contribution in [2.45, 2.75) is 32.7 Å². The first-order valence-electron chi connectivity index (χ1n) is 10.1. The fourth-order valence-corrected chi connectivity index (χ4v) is 4.35. The van der Waals surface area contributed by atoms with Gasteiger partial charge in [-0.2, -0.15) is 14.6 Å². The van der Waals surface area contributed by atoms with E-state index in [1.54, 1.807) is 10.7 Å². The first kappa shape index (κ1) is 20.8. The van der Waals surface area contributed by atoms with Crippen LogP contribution in [0.5, 0.6) is 5.88 Å². The molecule has 1 aliphatic rings. The number of aromatic nitrogens is 5. The number of ether oxygens (including phenoxy) is 1. The lowest BCUT2D eigenvalue weighted by atomic mass is 9.94. The van der Waals surface area contributed by atoms with E-state index in [0.717, 1.165) is 30.5 Å². The molecule has 3 aromatic heterocycles. The molecular formula is C19H26N7O3S-. The highest BCUT2D eigenvalue weighted by Crippen LogP contribution is 2.31. The summed E-state index contributed by atoms with van der Waals surface area (Å²) >= 11 is -2.05. The van der Waals surface area contributed by atoms with Gasteiger partial charge in [0.05, 0.1) is 18.7 Å². The van der Waals surface area contributed by atoms with Crippen LogP contribution in [0.15, 0.2) is 24.5 Å². The molecule has 1 saturated heterocycles. The number of aromatic amines is 1. The molecule has 0 aliphatic carbocycles. The molecular weight excluding hydrogens is 406 g/mol. The molecule has 0 bridgehead atoms. The van der Waals surface area contributed by atoms with Gasteiger partial charge in [0.1, 0.15) is 0 Å². The average molecular weight is 433 g/mol. The van der Waals surface area contributed by atoms with Gasteiger partial charge in [-0.1, -0.05) is 13.8 Å². The van der Waals surface area contributed by atoms with Crippen molar-refractivity contribution in [2.75, 3.05) is 30.9 Å². The summed E-state index contributed by atoms with van der Waals surface area (Å²) in [7, 11) is 0. The Morgan fingerprint density at radius 3 is 3.00 bits per heavy atom. The third-order valence-electron chi connectivity index (χ3n) is 5.30. The Balaban J connectivity index is 1.57. The van der Waals surface area contributed by atoms with Crippen molar-refractivity contribution in [3.05, 3.63) is 24.5 Å². The third kappa shape index (κ3) is 4.47. The Hall–Kier alpha value is -2.50. The van der Waals surface area contributed by atoms with Crippen molar-refractivity contribution < 1.29 is 13.5 Å². The first-order valence-corrected chi connectivity index (χ1v) is 11.4. The second-order valence-electron chi connectivity index (χ2n) is 7.62. The summed E-state index contributed by atoms with van der Waals surface area (Å²) < 4.78 is 29.7. The summed E-state index contributed by atoms with van der Waals surface area (Å²) in [4.78, 5) is 6.58. The molecule has 162 valence electrons. The molecule has 0 aromatic carbocycles. The van der Waals surface area contributed by atoms with E-state index in [0.29, 0.717) is 30.6 Å². The smallest absolute Gasteiger partial charge is 0.243 e. The molecule has 3 atom stereocenters. The summed E-state index contributed by atoms with van der Waals surface area (Å²) in [6.45, 7) is 6.18. The van der Waals surface area contributed by atoms with Crippen LogP contribution in [0.25, 0.3) is 16.8 Å². The Kier molecular flexibility index (Phi) is 6.30. The van der Waals surface area contributed by atoms with Crippen molar-refractivity contribution in [3.8, 4) is 17.0 Å². The molecule has 30 heavy (non-hydrogen) atoms. The van der Waals surface area contributed by atoms with Gasteiger partial charge in [-0.15, -0.1) is 5.10 Å². The zero-order chi connectivity index (χ0) is 21.1. The first-order chi connectivity index (χ1) is 14.5. The van der Waals surface area contributed by atoms with E-state index in [1.165, 1.54) is 0 Å². The quantitative estimate of drug-likeness (QED) is 0.517.